The van der Waals surface area contributed by atoms with E-state index < -0.39 is 21.6 Å². The Balaban J connectivity index is 3.10. The van der Waals surface area contributed by atoms with Gasteiger partial charge in [0.05, 0.1) is 7.11 Å². The van der Waals surface area contributed by atoms with Crippen LogP contribution in [0.25, 0.3) is 6.08 Å². The third kappa shape index (κ3) is 6.03. The summed E-state index contributed by atoms with van der Waals surface area (Å²) in [5.74, 6) is -0.259. The van der Waals surface area contributed by atoms with Gasteiger partial charge in [-0.2, -0.15) is 0 Å². The fraction of sp³-hybridized carbons (Fsp3) is 0.438. The molecule has 1 aromatic carbocycles. The Labute approximate surface area is 137 Å². The summed E-state index contributed by atoms with van der Waals surface area (Å²) in [4.78, 5) is 11.7. The number of methoxy groups -OCH3 is 1. The lowest BCUT2D eigenvalue weighted by molar-refractivity contribution is -0.148. The van der Waals surface area contributed by atoms with Crippen molar-refractivity contribution in [3.63, 3.8) is 0 Å². The molecule has 0 unspecified atom stereocenters. The molecule has 23 heavy (non-hydrogen) atoms. The number of esters is 1. The molecule has 128 valence electrons. The van der Waals surface area contributed by atoms with Crippen LogP contribution in [0, 0.1) is 0 Å². The van der Waals surface area contributed by atoms with E-state index in [0.29, 0.717) is 5.56 Å². The first-order chi connectivity index (χ1) is 10.6. The summed E-state index contributed by atoms with van der Waals surface area (Å²) >= 11 is 0. The zero-order chi connectivity index (χ0) is 17.7. The molecule has 6 nitrogen and oxygen atoms in total. The van der Waals surface area contributed by atoms with Crippen LogP contribution in [-0.4, -0.2) is 33.6 Å². The summed E-state index contributed by atoms with van der Waals surface area (Å²) in [5.41, 5.74) is -0.0333. The van der Waals surface area contributed by atoms with Crippen LogP contribution >= 0.6 is 0 Å². The third-order valence-corrected chi connectivity index (χ3v) is 4.20. The van der Waals surface area contributed by atoms with Gasteiger partial charge in [0.15, 0.2) is 0 Å². The van der Waals surface area contributed by atoms with Crippen LogP contribution in [-0.2, 0) is 19.6 Å². The van der Waals surface area contributed by atoms with Crippen LogP contribution in [0.15, 0.2) is 29.2 Å². The maximum Gasteiger partial charge on any atom is 0.331 e. The van der Waals surface area contributed by atoms with Gasteiger partial charge in [-0.25, -0.2) is 17.9 Å². The second kappa shape index (κ2) is 7.61. The van der Waals surface area contributed by atoms with Crippen LogP contribution in [0.3, 0.4) is 0 Å². The van der Waals surface area contributed by atoms with E-state index in [9.17, 15) is 13.2 Å². The zero-order valence-electron chi connectivity index (χ0n) is 14.0. The van der Waals surface area contributed by atoms with E-state index in [4.69, 9.17) is 9.47 Å². The average Bonchev–Trinajstić information content (AvgIpc) is 2.43. The van der Waals surface area contributed by atoms with E-state index in [1.165, 1.54) is 25.3 Å². The minimum Gasteiger partial charge on any atom is -0.495 e. The largest absolute Gasteiger partial charge is 0.495 e. The number of sulfonamides is 1. The van der Waals surface area contributed by atoms with Crippen molar-refractivity contribution in [3.8, 4) is 5.75 Å². The fourth-order valence-corrected chi connectivity index (χ4v) is 3.02. The van der Waals surface area contributed by atoms with Gasteiger partial charge in [0.25, 0.3) is 0 Å². The first-order valence-corrected chi connectivity index (χ1v) is 8.66. The molecular weight excluding hydrogens is 318 g/mol. The quantitative estimate of drug-likeness (QED) is 0.634. The van der Waals surface area contributed by atoms with Crippen LogP contribution in [0.5, 0.6) is 5.75 Å². The Kier molecular flexibility index (Phi) is 6.35. The van der Waals surface area contributed by atoms with Crippen molar-refractivity contribution in [2.45, 2.75) is 38.2 Å². The van der Waals surface area contributed by atoms with E-state index in [-0.39, 0.29) is 17.2 Å². The minimum atomic E-state index is -3.67. The highest BCUT2D eigenvalue weighted by Gasteiger charge is 2.19. The van der Waals surface area contributed by atoms with E-state index in [0.717, 1.165) is 0 Å². The van der Waals surface area contributed by atoms with E-state index in [1.54, 1.807) is 39.8 Å². The number of nitrogens with one attached hydrogen (secondary N) is 1. The SMILES string of the molecule is CCNS(=O)(=O)c1cc(/C=C/C(=O)OC(C)(C)C)ccc1OC. The van der Waals surface area contributed by atoms with Gasteiger partial charge in [0.1, 0.15) is 16.2 Å². The molecule has 0 fully saturated rings. The van der Waals surface area contributed by atoms with Crippen molar-refractivity contribution < 1.29 is 22.7 Å². The molecule has 0 aliphatic heterocycles. The van der Waals surface area contributed by atoms with Crippen LogP contribution in [0.2, 0.25) is 0 Å². The van der Waals surface area contributed by atoms with Crippen molar-refractivity contribution >= 4 is 22.1 Å². The number of rotatable bonds is 6. The second-order valence-electron chi connectivity index (χ2n) is 5.78. The van der Waals surface area contributed by atoms with Gasteiger partial charge >= 0.3 is 5.97 Å². The zero-order valence-corrected chi connectivity index (χ0v) is 14.9. The van der Waals surface area contributed by atoms with Gasteiger partial charge in [0.2, 0.25) is 10.0 Å². The predicted octanol–water partition coefficient (Wildman–Crippen LogP) is 2.35. The minimum absolute atomic E-state index is 0.0215. The number of carbonyl (C=O) groups is 1. The van der Waals surface area contributed by atoms with Crippen molar-refractivity contribution in [2.75, 3.05) is 13.7 Å². The number of carbonyl (C=O) groups excluding carboxylic acids is 1. The highest BCUT2D eigenvalue weighted by atomic mass is 32.2. The fourth-order valence-electron chi connectivity index (χ4n) is 1.77. The van der Waals surface area contributed by atoms with Gasteiger partial charge < -0.3 is 9.47 Å². The molecule has 7 heteroatoms. The van der Waals surface area contributed by atoms with E-state index >= 15 is 0 Å². The van der Waals surface area contributed by atoms with Gasteiger partial charge in [-0.1, -0.05) is 13.0 Å². The lowest BCUT2D eigenvalue weighted by Gasteiger charge is -2.17. The van der Waals surface area contributed by atoms with Crippen molar-refractivity contribution in [3.05, 3.63) is 29.8 Å². The summed E-state index contributed by atoms with van der Waals surface area (Å²) < 4.78 is 37.0. The highest BCUT2D eigenvalue weighted by Crippen LogP contribution is 2.25. The first-order valence-electron chi connectivity index (χ1n) is 7.18. The lowest BCUT2D eigenvalue weighted by Crippen LogP contribution is -2.23. The normalized spacial score (nSPS) is 12.4. The third-order valence-electron chi connectivity index (χ3n) is 2.63. The molecule has 1 aromatic rings. The Morgan fingerprint density at radius 1 is 1.30 bits per heavy atom. The number of ether oxygens (including phenoxy) is 2. The second-order valence-corrected chi connectivity index (χ2v) is 7.51. The molecule has 0 heterocycles. The molecule has 0 saturated heterocycles. The maximum absolute atomic E-state index is 12.2. The van der Waals surface area contributed by atoms with E-state index in [2.05, 4.69) is 4.72 Å². The Morgan fingerprint density at radius 3 is 2.48 bits per heavy atom. The Morgan fingerprint density at radius 2 is 1.96 bits per heavy atom. The van der Waals surface area contributed by atoms with Crippen LogP contribution < -0.4 is 9.46 Å². The van der Waals surface area contributed by atoms with Crippen molar-refractivity contribution in [1.29, 1.82) is 0 Å². The Bertz CT molecular complexity index is 687. The Hall–Kier alpha value is -1.86. The van der Waals surface area contributed by atoms with Gasteiger partial charge in [-0.3, -0.25) is 0 Å². The topological polar surface area (TPSA) is 81.7 Å². The molecule has 0 spiro atoms. The summed E-state index contributed by atoms with van der Waals surface area (Å²) in [6, 6.07) is 4.64. The molecule has 0 aliphatic rings. The monoisotopic (exact) mass is 341 g/mol. The van der Waals surface area contributed by atoms with E-state index in [1.807, 2.05) is 0 Å². The van der Waals surface area contributed by atoms with Gasteiger partial charge in [-0.05, 0) is 44.5 Å². The van der Waals surface area contributed by atoms with Crippen molar-refractivity contribution in [1.82, 2.24) is 4.72 Å². The van der Waals surface area contributed by atoms with Crippen molar-refractivity contribution in [2.24, 2.45) is 0 Å². The summed E-state index contributed by atoms with van der Waals surface area (Å²) in [7, 11) is -2.27. The molecule has 1 rings (SSSR count). The number of benzene rings is 1. The maximum atomic E-state index is 12.2. The predicted molar refractivity (Wildman–Crippen MR) is 88.7 cm³/mol. The van der Waals surface area contributed by atoms with Crippen LogP contribution in [0.1, 0.15) is 33.3 Å². The molecule has 0 amide bonds. The molecule has 0 radical (unpaired) electrons. The average molecular weight is 341 g/mol. The number of hydrogen-bond acceptors (Lipinski definition) is 5. The van der Waals surface area contributed by atoms with Gasteiger partial charge in [0, 0.05) is 12.6 Å². The van der Waals surface area contributed by atoms with Crippen LogP contribution in [0.4, 0.5) is 0 Å². The van der Waals surface area contributed by atoms with Gasteiger partial charge in [-0.15, -0.1) is 0 Å². The molecule has 1 N–H and O–H groups in total. The molecule has 0 saturated carbocycles. The molecule has 0 bridgehead atoms. The lowest BCUT2D eigenvalue weighted by atomic mass is 10.2. The standard InChI is InChI=1S/C16H23NO5S/c1-6-17-23(19,20)14-11-12(7-9-13(14)21-5)8-10-15(18)22-16(2,3)4/h7-11,17H,6H2,1-5H3/b10-8+. The number of hydrogen-bond donors (Lipinski definition) is 1. The molecule has 0 aromatic heterocycles. The molecule has 0 aliphatic carbocycles. The molecule has 0 atom stereocenters. The highest BCUT2D eigenvalue weighted by molar-refractivity contribution is 7.89. The molecular formula is C16H23NO5S. The summed E-state index contributed by atoms with van der Waals surface area (Å²) in [5, 5.41) is 0. The smallest absolute Gasteiger partial charge is 0.331 e. The summed E-state index contributed by atoms with van der Waals surface area (Å²) in [6.45, 7) is 7.27. The first kappa shape index (κ1) is 19.2. The summed E-state index contributed by atoms with van der Waals surface area (Å²) in [6.07, 6.45) is 2.76.